The first-order chi connectivity index (χ1) is 8.26. The molecule has 4 heteroatoms. The zero-order valence-electron chi connectivity index (χ0n) is 9.23. The first kappa shape index (κ1) is 9.84. The number of fused-ring (bicyclic) bond motifs is 1. The number of rotatable bonds is 2. The highest BCUT2D eigenvalue weighted by atomic mass is 16.3. The molecule has 0 saturated carbocycles. The Hall–Kier alpha value is -2.36. The van der Waals surface area contributed by atoms with E-state index in [2.05, 4.69) is 9.97 Å². The predicted octanol–water partition coefficient (Wildman–Crippen LogP) is 2.94. The lowest BCUT2D eigenvalue weighted by Crippen LogP contribution is -1.75. The number of aryl methyl sites for hydroxylation is 1. The van der Waals surface area contributed by atoms with Gasteiger partial charge in [-0.25, -0.2) is 4.98 Å². The summed E-state index contributed by atoms with van der Waals surface area (Å²) in [5.41, 5.74) is 2.81. The van der Waals surface area contributed by atoms with Gasteiger partial charge >= 0.3 is 0 Å². The molecule has 3 rings (SSSR count). The second kappa shape index (κ2) is 3.59. The summed E-state index contributed by atoms with van der Waals surface area (Å²) in [5.74, 6) is 1.90. The van der Waals surface area contributed by atoms with Crippen LogP contribution in [0.1, 0.15) is 16.4 Å². The Morgan fingerprint density at radius 1 is 1.29 bits per heavy atom. The maximum Gasteiger partial charge on any atom is 0.185 e. The minimum atomic E-state index is 0.334. The van der Waals surface area contributed by atoms with E-state index in [9.17, 15) is 4.79 Å². The number of carbonyl (C=O) groups excluding carboxylic acids is 1. The van der Waals surface area contributed by atoms with Gasteiger partial charge < -0.3 is 9.40 Å². The molecule has 0 aliphatic heterocycles. The van der Waals surface area contributed by atoms with E-state index in [1.807, 2.05) is 25.1 Å². The van der Waals surface area contributed by atoms with E-state index < -0.39 is 0 Å². The maximum absolute atomic E-state index is 10.6. The molecule has 0 aliphatic rings. The number of hydrogen-bond acceptors (Lipinski definition) is 3. The number of nitrogens with zero attached hydrogens (tertiary/aromatic N) is 1. The smallest absolute Gasteiger partial charge is 0.185 e. The van der Waals surface area contributed by atoms with Crippen LogP contribution < -0.4 is 0 Å². The fraction of sp³-hybridized carbons (Fsp3) is 0.0769. The summed E-state index contributed by atoms with van der Waals surface area (Å²) in [5, 5.41) is 0. The van der Waals surface area contributed by atoms with Crippen LogP contribution in [0.5, 0.6) is 0 Å². The molecule has 0 aliphatic carbocycles. The molecule has 0 amide bonds. The number of benzene rings is 1. The summed E-state index contributed by atoms with van der Waals surface area (Å²) in [4.78, 5) is 18.1. The van der Waals surface area contributed by atoms with Crippen molar-refractivity contribution < 1.29 is 9.21 Å². The van der Waals surface area contributed by atoms with Gasteiger partial charge in [-0.05, 0) is 37.3 Å². The number of hydrogen-bond donors (Lipinski definition) is 1. The van der Waals surface area contributed by atoms with Crippen molar-refractivity contribution in [3.8, 4) is 11.3 Å². The van der Waals surface area contributed by atoms with Crippen molar-refractivity contribution in [3.63, 3.8) is 0 Å². The SMILES string of the molecule is Cc1nc2ccc(-c3ccc(C=O)o3)cc2[nH]1. The molecule has 4 nitrogen and oxygen atoms in total. The van der Waals surface area contributed by atoms with Crippen molar-refractivity contribution >= 4 is 17.3 Å². The molecule has 0 bridgehead atoms. The minimum absolute atomic E-state index is 0.334. The molecule has 0 saturated heterocycles. The topological polar surface area (TPSA) is 58.9 Å². The average molecular weight is 226 g/mol. The van der Waals surface area contributed by atoms with Crippen molar-refractivity contribution in [1.29, 1.82) is 0 Å². The zero-order valence-corrected chi connectivity index (χ0v) is 9.23. The van der Waals surface area contributed by atoms with Crippen molar-refractivity contribution in [2.45, 2.75) is 6.92 Å². The molecule has 0 fully saturated rings. The number of nitrogens with one attached hydrogen (secondary N) is 1. The third kappa shape index (κ3) is 1.63. The highest BCUT2D eigenvalue weighted by molar-refractivity contribution is 5.81. The second-order valence-electron chi connectivity index (χ2n) is 3.87. The van der Waals surface area contributed by atoms with Crippen LogP contribution in [0.2, 0.25) is 0 Å². The van der Waals surface area contributed by atoms with Crippen molar-refractivity contribution in [2.75, 3.05) is 0 Å². The largest absolute Gasteiger partial charge is 0.453 e. The summed E-state index contributed by atoms with van der Waals surface area (Å²) < 4.78 is 5.37. The summed E-state index contributed by atoms with van der Waals surface area (Å²) in [7, 11) is 0. The van der Waals surface area contributed by atoms with Crippen LogP contribution in [0.4, 0.5) is 0 Å². The van der Waals surface area contributed by atoms with Crippen LogP contribution in [-0.2, 0) is 0 Å². The van der Waals surface area contributed by atoms with Crippen molar-refractivity contribution in [2.24, 2.45) is 0 Å². The Balaban J connectivity index is 2.13. The molecular formula is C13H10N2O2. The number of carbonyl (C=O) groups is 1. The van der Waals surface area contributed by atoms with Gasteiger partial charge in [-0.2, -0.15) is 0 Å². The van der Waals surface area contributed by atoms with Crippen LogP contribution in [0.15, 0.2) is 34.7 Å². The van der Waals surface area contributed by atoms with Crippen LogP contribution >= 0.6 is 0 Å². The monoisotopic (exact) mass is 226 g/mol. The molecule has 0 spiro atoms. The quantitative estimate of drug-likeness (QED) is 0.683. The molecule has 1 aromatic carbocycles. The second-order valence-corrected chi connectivity index (χ2v) is 3.87. The molecule has 0 unspecified atom stereocenters. The van der Waals surface area contributed by atoms with Crippen LogP contribution in [0.25, 0.3) is 22.4 Å². The van der Waals surface area contributed by atoms with E-state index in [-0.39, 0.29) is 0 Å². The van der Waals surface area contributed by atoms with Gasteiger partial charge in [-0.15, -0.1) is 0 Å². The predicted molar refractivity (Wildman–Crippen MR) is 63.9 cm³/mol. The average Bonchev–Trinajstić information content (AvgIpc) is 2.92. The fourth-order valence-corrected chi connectivity index (χ4v) is 1.86. The highest BCUT2D eigenvalue weighted by Crippen LogP contribution is 2.24. The van der Waals surface area contributed by atoms with Crippen molar-refractivity contribution in [1.82, 2.24) is 9.97 Å². The summed E-state index contributed by atoms with van der Waals surface area (Å²) in [6.07, 6.45) is 0.697. The third-order valence-corrected chi connectivity index (χ3v) is 2.63. The van der Waals surface area contributed by atoms with E-state index >= 15 is 0 Å². The molecule has 2 aromatic heterocycles. The number of aromatic nitrogens is 2. The van der Waals surface area contributed by atoms with Crippen LogP contribution in [0, 0.1) is 6.92 Å². The molecule has 1 N–H and O–H groups in total. The Bertz CT molecular complexity index is 694. The van der Waals surface area contributed by atoms with Gasteiger partial charge in [-0.1, -0.05) is 0 Å². The van der Waals surface area contributed by atoms with Gasteiger partial charge in [0.05, 0.1) is 11.0 Å². The van der Waals surface area contributed by atoms with Crippen molar-refractivity contribution in [3.05, 3.63) is 41.9 Å². The van der Waals surface area contributed by atoms with Gasteiger partial charge in [0, 0.05) is 5.56 Å². The number of aromatic amines is 1. The Morgan fingerprint density at radius 2 is 2.18 bits per heavy atom. The molecular weight excluding hydrogens is 216 g/mol. The maximum atomic E-state index is 10.6. The van der Waals surface area contributed by atoms with Gasteiger partial charge in [0.15, 0.2) is 12.0 Å². The molecule has 3 aromatic rings. The molecule has 0 atom stereocenters. The normalized spacial score (nSPS) is 10.9. The summed E-state index contributed by atoms with van der Waals surface area (Å²) in [6.45, 7) is 1.91. The van der Waals surface area contributed by atoms with E-state index in [4.69, 9.17) is 4.42 Å². The molecule has 2 heterocycles. The third-order valence-electron chi connectivity index (χ3n) is 2.63. The number of aldehydes is 1. The van der Waals surface area contributed by atoms with Gasteiger partial charge in [0.1, 0.15) is 11.6 Å². The zero-order chi connectivity index (χ0) is 11.8. The molecule has 17 heavy (non-hydrogen) atoms. The summed E-state index contributed by atoms with van der Waals surface area (Å²) >= 11 is 0. The Morgan fingerprint density at radius 3 is 2.94 bits per heavy atom. The lowest BCUT2D eigenvalue weighted by atomic mass is 10.1. The lowest BCUT2D eigenvalue weighted by Gasteiger charge is -1.96. The highest BCUT2D eigenvalue weighted by Gasteiger charge is 2.06. The number of imidazole rings is 1. The van der Waals surface area contributed by atoms with E-state index in [1.54, 1.807) is 12.1 Å². The molecule has 0 radical (unpaired) electrons. The standard InChI is InChI=1S/C13H10N2O2/c1-8-14-11-4-2-9(6-12(11)15-8)13-5-3-10(7-16)17-13/h2-7H,1H3,(H,14,15). The molecule has 84 valence electrons. The lowest BCUT2D eigenvalue weighted by molar-refractivity contribution is 0.110. The van der Waals surface area contributed by atoms with E-state index in [0.717, 1.165) is 22.4 Å². The Labute approximate surface area is 97.3 Å². The van der Waals surface area contributed by atoms with Gasteiger partial charge in [0.25, 0.3) is 0 Å². The number of H-pyrrole nitrogens is 1. The van der Waals surface area contributed by atoms with E-state index in [1.165, 1.54) is 0 Å². The van der Waals surface area contributed by atoms with Crippen LogP contribution in [0.3, 0.4) is 0 Å². The first-order valence-corrected chi connectivity index (χ1v) is 5.28. The van der Waals surface area contributed by atoms with Gasteiger partial charge in [0.2, 0.25) is 0 Å². The summed E-state index contributed by atoms with van der Waals surface area (Å²) in [6, 6.07) is 9.26. The first-order valence-electron chi connectivity index (χ1n) is 5.28. The van der Waals surface area contributed by atoms with E-state index in [0.29, 0.717) is 17.8 Å². The fourth-order valence-electron chi connectivity index (χ4n) is 1.86. The minimum Gasteiger partial charge on any atom is -0.453 e. The van der Waals surface area contributed by atoms with Gasteiger partial charge in [-0.3, -0.25) is 4.79 Å². The Kier molecular flexibility index (Phi) is 2.08. The number of furan rings is 1. The van der Waals surface area contributed by atoms with Crippen LogP contribution in [-0.4, -0.2) is 16.3 Å².